The van der Waals surface area contributed by atoms with Gasteiger partial charge in [0.2, 0.25) is 0 Å². The molecule has 1 atom stereocenters. The summed E-state index contributed by atoms with van der Waals surface area (Å²) in [6.07, 6.45) is 1.30. The fourth-order valence-electron chi connectivity index (χ4n) is 1.80. The second-order valence-corrected chi connectivity index (χ2v) is 4.80. The SMILES string of the molecule is O=C1CCC(C(=O)c2ccc([N+](=O)[O-])s2)C1. The summed E-state index contributed by atoms with van der Waals surface area (Å²) in [6.45, 7) is 0. The van der Waals surface area contributed by atoms with Gasteiger partial charge >= 0.3 is 5.00 Å². The molecule has 1 aromatic rings. The number of nitrogens with zero attached hydrogens (tertiary/aromatic N) is 1. The second kappa shape index (κ2) is 4.13. The number of hydrogen-bond acceptors (Lipinski definition) is 5. The van der Waals surface area contributed by atoms with E-state index in [1.165, 1.54) is 12.1 Å². The van der Waals surface area contributed by atoms with Crippen LogP contribution >= 0.6 is 11.3 Å². The normalized spacial score (nSPS) is 20.0. The molecule has 0 aromatic carbocycles. The Bertz CT molecular complexity index is 465. The first kappa shape index (κ1) is 10.9. The summed E-state index contributed by atoms with van der Waals surface area (Å²) in [4.78, 5) is 33.2. The number of carbonyl (C=O) groups is 2. The predicted molar refractivity (Wildman–Crippen MR) is 57.7 cm³/mol. The number of carbonyl (C=O) groups excluding carboxylic acids is 2. The molecule has 0 spiro atoms. The van der Waals surface area contributed by atoms with E-state index in [1.807, 2.05) is 0 Å². The maximum atomic E-state index is 11.9. The third kappa shape index (κ3) is 2.01. The summed E-state index contributed by atoms with van der Waals surface area (Å²) < 4.78 is 0. The molecule has 0 bridgehead atoms. The molecule has 1 aromatic heterocycles. The van der Waals surface area contributed by atoms with Crippen molar-refractivity contribution in [1.82, 2.24) is 0 Å². The molecule has 0 aliphatic heterocycles. The van der Waals surface area contributed by atoms with Crippen molar-refractivity contribution in [2.75, 3.05) is 0 Å². The van der Waals surface area contributed by atoms with Crippen LogP contribution < -0.4 is 0 Å². The molecule has 6 heteroatoms. The lowest BCUT2D eigenvalue weighted by atomic mass is 10.0. The van der Waals surface area contributed by atoms with E-state index in [2.05, 4.69) is 0 Å². The third-order valence-corrected chi connectivity index (χ3v) is 3.68. The lowest BCUT2D eigenvalue weighted by Crippen LogP contribution is -2.09. The number of hydrogen-bond donors (Lipinski definition) is 0. The van der Waals surface area contributed by atoms with Crippen LogP contribution in [0.4, 0.5) is 5.00 Å². The lowest BCUT2D eigenvalue weighted by molar-refractivity contribution is -0.380. The van der Waals surface area contributed by atoms with E-state index in [0.29, 0.717) is 17.7 Å². The minimum absolute atomic E-state index is 0.0346. The Morgan fingerprint density at radius 2 is 2.25 bits per heavy atom. The lowest BCUT2D eigenvalue weighted by Gasteiger charge is -2.02. The van der Waals surface area contributed by atoms with Crippen molar-refractivity contribution < 1.29 is 14.5 Å². The minimum atomic E-state index is -0.513. The predicted octanol–water partition coefficient (Wildman–Crippen LogP) is 2.21. The minimum Gasteiger partial charge on any atom is -0.300 e. The van der Waals surface area contributed by atoms with Crippen molar-refractivity contribution in [2.24, 2.45) is 5.92 Å². The standard InChI is InChI=1S/C10H9NO4S/c12-7-2-1-6(5-7)10(13)8-3-4-9(16-8)11(14)15/h3-4,6H,1-2,5H2. The van der Waals surface area contributed by atoms with Gasteiger partial charge in [0.1, 0.15) is 5.78 Å². The topological polar surface area (TPSA) is 77.3 Å². The highest BCUT2D eigenvalue weighted by molar-refractivity contribution is 7.17. The Hall–Kier alpha value is -1.56. The van der Waals surface area contributed by atoms with Gasteiger partial charge in [-0.15, -0.1) is 0 Å². The van der Waals surface area contributed by atoms with Crippen molar-refractivity contribution in [1.29, 1.82) is 0 Å². The summed E-state index contributed by atoms with van der Waals surface area (Å²) in [5.74, 6) is -0.306. The average molecular weight is 239 g/mol. The molecule has 5 nitrogen and oxygen atoms in total. The Kier molecular flexibility index (Phi) is 2.82. The Morgan fingerprint density at radius 1 is 1.50 bits per heavy atom. The van der Waals surface area contributed by atoms with E-state index < -0.39 is 4.92 Å². The Balaban J connectivity index is 2.14. The van der Waals surface area contributed by atoms with Crippen molar-refractivity contribution in [2.45, 2.75) is 19.3 Å². The molecule has 16 heavy (non-hydrogen) atoms. The Morgan fingerprint density at radius 3 is 2.75 bits per heavy atom. The van der Waals surface area contributed by atoms with Gasteiger partial charge in [-0.05, 0) is 12.5 Å². The first-order valence-electron chi connectivity index (χ1n) is 4.88. The van der Waals surface area contributed by atoms with Crippen molar-refractivity contribution in [3.05, 3.63) is 27.1 Å². The van der Waals surface area contributed by atoms with Crippen LogP contribution in [0.25, 0.3) is 0 Å². The van der Waals surface area contributed by atoms with Crippen molar-refractivity contribution in [3.63, 3.8) is 0 Å². The molecule has 0 N–H and O–H groups in total. The Labute approximate surface area is 95.2 Å². The molecule has 84 valence electrons. The number of ketones is 2. The second-order valence-electron chi connectivity index (χ2n) is 3.74. The van der Waals surface area contributed by atoms with Crippen LogP contribution in [0.15, 0.2) is 12.1 Å². The monoisotopic (exact) mass is 239 g/mol. The van der Waals surface area contributed by atoms with E-state index in [-0.39, 0.29) is 28.9 Å². The van der Waals surface area contributed by atoms with Gasteiger partial charge in [-0.3, -0.25) is 19.7 Å². The average Bonchev–Trinajstić information content (AvgIpc) is 2.84. The van der Waals surface area contributed by atoms with Crippen LogP contribution in [0.5, 0.6) is 0 Å². The van der Waals surface area contributed by atoms with E-state index >= 15 is 0 Å². The summed E-state index contributed by atoms with van der Waals surface area (Å²) in [5.41, 5.74) is 0. The van der Waals surface area contributed by atoms with E-state index in [9.17, 15) is 19.7 Å². The van der Waals surface area contributed by atoms with E-state index in [4.69, 9.17) is 0 Å². The maximum absolute atomic E-state index is 11.9. The van der Waals surface area contributed by atoms with Crippen LogP contribution in [0.2, 0.25) is 0 Å². The largest absolute Gasteiger partial charge is 0.324 e. The van der Waals surface area contributed by atoms with E-state index in [1.54, 1.807) is 0 Å². The molecule has 1 aliphatic rings. The smallest absolute Gasteiger partial charge is 0.300 e. The zero-order chi connectivity index (χ0) is 11.7. The van der Waals surface area contributed by atoms with Gasteiger partial charge in [-0.25, -0.2) is 0 Å². The molecular weight excluding hydrogens is 230 g/mol. The fourth-order valence-corrected chi connectivity index (χ4v) is 2.64. The zero-order valence-electron chi connectivity index (χ0n) is 8.34. The molecule has 1 fully saturated rings. The summed E-state index contributed by atoms with van der Waals surface area (Å²) in [6, 6.07) is 2.79. The van der Waals surface area contributed by atoms with Gasteiger partial charge in [-0.1, -0.05) is 11.3 Å². The van der Waals surface area contributed by atoms with Crippen LogP contribution in [0, 0.1) is 16.0 Å². The first-order valence-corrected chi connectivity index (χ1v) is 5.69. The summed E-state index contributed by atoms with van der Waals surface area (Å²) >= 11 is 0.877. The van der Waals surface area contributed by atoms with Crippen molar-refractivity contribution in [3.8, 4) is 0 Å². The van der Waals surface area contributed by atoms with Gasteiger partial charge in [0.15, 0.2) is 5.78 Å². The molecule has 1 heterocycles. The number of nitro groups is 1. The number of Topliss-reactive ketones (excluding diaryl/α,β-unsaturated/α-hetero) is 2. The van der Waals surface area contributed by atoms with Gasteiger partial charge in [0.05, 0.1) is 9.80 Å². The molecule has 1 aliphatic carbocycles. The fraction of sp³-hybridized carbons (Fsp3) is 0.400. The molecule has 0 radical (unpaired) electrons. The summed E-state index contributed by atoms with van der Waals surface area (Å²) in [7, 11) is 0. The quantitative estimate of drug-likeness (QED) is 0.460. The van der Waals surface area contributed by atoms with Crippen LogP contribution in [0.3, 0.4) is 0 Å². The highest BCUT2D eigenvalue weighted by atomic mass is 32.1. The maximum Gasteiger partial charge on any atom is 0.324 e. The van der Waals surface area contributed by atoms with Gasteiger partial charge in [0.25, 0.3) is 0 Å². The van der Waals surface area contributed by atoms with Crippen LogP contribution in [0.1, 0.15) is 28.9 Å². The third-order valence-electron chi connectivity index (χ3n) is 2.63. The number of rotatable bonds is 3. The molecule has 0 saturated heterocycles. The number of thiophene rings is 1. The zero-order valence-corrected chi connectivity index (χ0v) is 9.16. The van der Waals surface area contributed by atoms with E-state index in [0.717, 1.165) is 11.3 Å². The first-order chi connectivity index (χ1) is 7.58. The molecular formula is C10H9NO4S. The highest BCUT2D eigenvalue weighted by Crippen LogP contribution is 2.31. The molecule has 1 saturated carbocycles. The van der Waals surface area contributed by atoms with Gasteiger partial charge in [0, 0.05) is 24.8 Å². The van der Waals surface area contributed by atoms with Gasteiger partial charge in [-0.2, -0.15) is 0 Å². The van der Waals surface area contributed by atoms with Gasteiger partial charge < -0.3 is 0 Å². The molecule has 1 unspecified atom stereocenters. The summed E-state index contributed by atoms with van der Waals surface area (Å²) in [5, 5.41) is 10.4. The highest BCUT2D eigenvalue weighted by Gasteiger charge is 2.30. The molecule has 0 amide bonds. The van der Waals surface area contributed by atoms with Crippen LogP contribution in [-0.2, 0) is 4.79 Å². The van der Waals surface area contributed by atoms with Crippen molar-refractivity contribution >= 4 is 27.9 Å². The van der Waals surface area contributed by atoms with Crippen LogP contribution in [-0.4, -0.2) is 16.5 Å². The molecule has 2 rings (SSSR count).